The van der Waals surface area contributed by atoms with E-state index in [2.05, 4.69) is 27.8 Å². The molecule has 1 saturated heterocycles. The number of halogens is 2. The second-order valence-corrected chi connectivity index (χ2v) is 8.23. The van der Waals surface area contributed by atoms with Gasteiger partial charge in [0.25, 0.3) is 0 Å². The number of carbonyl (C=O) groups excluding carboxylic acids is 2. The maximum atomic E-state index is 14.0. The second kappa shape index (κ2) is 10.6. The van der Waals surface area contributed by atoms with Gasteiger partial charge in [-0.15, -0.1) is 24.0 Å². The topological polar surface area (TPSA) is 83.0 Å². The van der Waals surface area contributed by atoms with Crippen LogP contribution in [0.4, 0.5) is 4.39 Å². The molecule has 4 rings (SSSR count). The molecule has 0 aromatic heterocycles. The van der Waals surface area contributed by atoms with Crippen LogP contribution in [0.5, 0.6) is 5.75 Å². The predicted molar refractivity (Wildman–Crippen MR) is 130 cm³/mol. The van der Waals surface area contributed by atoms with Gasteiger partial charge in [-0.1, -0.05) is 18.2 Å². The minimum atomic E-state index is -0.391. The summed E-state index contributed by atoms with van der Waals surface area (Å²) in [5.41, 5.74) is 0.770. The van der Waals surface area contributed by atoms with Crippen molar-refractivity contribution in [1.29, 1.82) is 0 Å². The van der Waals surface area contributed by atoms with E-state index in [1.54, 1.807) is 19.2 Å². The second-order valence-electron chi connectivity index (χ2n) is 8.23. The maximum absolute atomic E-state index is 14.0. The van der Waals surface area contributed by atoms with Gasteiger partial charge in [0, 0.05) is 26.7 Å². The monoisotopic (exact) mass is 556 g/mol. The van der Waals surface area contributed by atoms with Crippen molar-refractivity contribution in [2.75, 3.05) is 26.7 Å². The Morgan fingerprint density at radius 3 is 2.47 bits per heavy atom. The van der Waals surface area contributed by atoms with E-state index in [9.17, 15) is 14.0 Å². The van der Waals surface area contributed by atoms with Crippen LogP contribution in [0.2, 0.25) is 0 Å². The van der Waals surface area contributed by atoms with E-state index in [4.69, 9.17) is 4.74 Å². The highest BCUT2D eigenvalue weighted by Gasteiger charge is 2.58. The van der Waals surface area contributed by atoms with Gasteiger partial charge in [0.05, 0.1) is 18.4 Å². The number of ether oxygens (including phenoxy) is 1. The number of amides is 2. The third-order valence-electron chi connectivity index (χ3n) is 6.39. The molecule has 0 spiro atoms. The maximum Gasteiger partial charge on any atom is 0.233 e. The van der Waals surface area contributed by atoms with E-state index in [-0.39, 0.29) is 65.2 Å². The van der Waals surface area contributed by atoms with Gasteiger partial charge in [-0.05, 0) is 49.3 Å². The minimum absolute atomic E-state index is 0. The van der Waals surface area contributed by atoms with Gasteiger partial charge in [-0.3, -0.25) is 19.5 Å². The number of rotatable bonds is 8. The Hall–Kier alpha value is -2.17. The van der Waals surface area contributed by atoms with Crippen LogP contribution in [0.3, 0.4) is 0 Å². The number of hydrogen-bond donors (Lipinski definition) is 2. The summed E-state index contributed by atoms with van der Waals surface area (Å²) in [4.78, 5) is 31.0. The first-order chi connectivity index (χ1) is 15.0. The first kappa shape index (κ1) is 24.5. The Morgan fingerprint density at radius 1 is 1.19 bits per heavy atom. The molecular weight excluding hydrogens is 526 g/mol. The minimum Gasteiger partial charge on any atom is -0.491 e. The first-order valence-corrected chi connectivity index (χ1v) is 10.9. The highest BCUT2D eigenvalue weighted by Crippen LogP contribution is 2.52. The van der Waals surface area contributed by atoms with Crippen molar-refractivity contribution in [3.8, 4) is 5.75 Å². The number of imide groups is 1. The van der Waals surface area contributed by atoms with E-state index in [0.29, 0.717) is 38.6 Å². The fraction of sp³-hybridized carbons (Fsp3) is 0.522. The van der Waals surface area contributed by atoms with Gasteiger partial charge in [-0.2, -0.15) is 0 Å². The zero-order chi connectivity index (χ0) is 22.0. The van der Waals surface area contributed by atoms with Crippen molar-refractivity contribution in [2.24, 2.45) is 28.7 Å². The van der Waals surface area contributed by atoms with Gasteiger partial charge < -0.3 is 15.4 Å². The number of allylic oxidation sites excluding steroid dienone is 2. The number of carbonyl (C=O) groups is 2. The van der Waals surface area contributed by atoms with E-state index >= 15 is 0 Å². The molecule has 7 nitrogen and oxygen atoms in total. The van der Waals surface area contributed by atoms with Crippen LogP contribution in [-0.2, 0) is 16.1 Å². The highest BCUT2D eigenvalue weighted by atomic mass is 127. The van der Waals surface area contributed by atoms with Crippen molar-refractivity contribution in [3.63, 3.8) is 0 Å². The molecule has 2 aliphatic carbocycles. The van der Waals surface area contributed by atoms with E-state index in [1.807, 2.05) is 6.92 Å². The molecular formula is C23H30FIN4O3. The molecule has 2 N–H and O–H groups in total. The number of guanidine groups is 1. The molecule has 2 amide bonds. The van der Waals surface area contributed by atoms with Gasteiger partial charge in [0.2, 0.25) is 11.8 Å². The summed E-state index contributed by atoms with van der Waals surface area (Å²) >= 11 is 0. The Morgan fingerprint density at radius 2 is 1.88 bits per heavy atom. The van der Waals surface area contributed by atoms with Gasteiger partial charge in [-0.25, -0.2) is 4.39 Å². The lowest BCUT2D eigenvalue weighted by molar-refractivity contribution is -0.140. The molecule has 1 aliphatic heterocycles. The lowest BCUT2D eigenvalue weighted by Gasteiger charge is -2.18. The van der Waals surface area contributed by atoms with Crippen molar-refractivity contribution in [3.05, 3.63) is 41.7 Å². The average molecular weight is 556 g/mol. The molecule has 1 aromatic carbocycles. The van der Waals surface area contributed by atoms with Crippen molar-refractivity contribution < 1.29 is 18.7 Å². The molecule has 174 valence electrons. The average Bonchev–Trinajstić information content (AvgIpc) is 3.44. The van der Waals surface area contributed by atoms with E-state index < -0.39 is 5.82 Å². The van der Waals surface area contributed by atoms with Crippen LogP contribution in [0.1, 0.15) is 25.3 Å². The molecule has 9 heteroatoms. The third kappa shape index (κ3) is 4.77. The molecule has 32 heavy (non-hydrogen) atoms. The Bertz CT molecular complexity index is 893. The first-order valence-electron chi connectivity index (χ1n) is 10.9. The van der Waals surface area contributed by atoms with E-state index in [0.717, 1.165) is 12.0 Å². The molecule has 3 aliphatic rings. The van der Waals surface area contributed by atoms with Crippen LogP contribution in [0.25, 0.3) is 0 Å². The van der Waals surface area contributed by atoms with Crippen LogP contribution in [0, 0.1) is 29.5 Å². The van der Waals surface area contributed by atoms with Crippen molar-refractivity contribution >= 4 is 41.8 Å². The highest BCUT2D eigenvalue weighted by molar-refractivity contribution is 14.0. The summed E-state index contributed by atoms with van der Waals surface area (Å²) in [6, 6.07) is 4.86. The molecule has 2 fully saturated rings. The van der Waals surface area contributed by atoms with Gasteiger partial charge in [0.1, 0.15) is 0 Å². The lowest BCUT2D eigenvalue weighted by atomic mass is 9.85. The molecule has 4 unspecified atom stereocenters. The van der Waals surface area contributed by atoms with Gasteiger partial charge >= 0.3 is 0 Å². The normalized spacial score (nSPS) is 25.7. The number of nitrogens with one attached hydrogen (secondary N) is 2. The fourth-order valence-corrected chi connectivity index (χ4v) is 4.96. The fourth-order valence-electron chi connectivity index (χ4n) is 4.96. The zero-order valence-electron chi connectivity index (χ0n) is 18.3. The number of likely N-dealkylation sites (tertiary alicyclic amines) is 1. The van der Waals surface area contributed by atoms with Crippen LogP contribution < -0.4 is 15.4 Å². The van der Waals surface area contributed by atoms with Crippen molar-refractivity contribution in [2.45, 2.75) is 26.3 Å². The summed E-state index contributed by atoms with van der Waals surface area (Å²) in [5, 5.41) is 6.32. The largest absolute Gasteiger partial charge is 0.491 e. The summed E-state index contributed by atoms with van der Waals surface area (Å²) < 4.78 is 19.2. The molecule has 4 atom stereocenters. The summed E-state index contributed by atoms with van der Waals surface area (Å²) in [5.74, 6) is 0.616. The molecule has 2 bridgehead atoms. The number of nitrogens with zero attached hydrogens (tertiary/aromatic N) is 2. The number of fused-ring (bicyclic) bond motifs is 5. The van der Waals surface area contributed by atoms with Crippen molar-refractivity contribution in [1.82, 2.24) is 15.5 Å². The number of benzene rings is 1. The molecule has 1 saturated carbocycles. The molecule has 0 radical (unpaired) electrons. The summed E-state index contributed by atoms with van der Waals surface area (Å²) in [7, 11) is 1.66. The standard InChI is InChI=1S/C23H29FN4O3.HI/c1-3-31-18-8-5-14(11-17(18)24)13-27-23(25-2)26-9-4-10-28-21(29)19-15-6-7-16(12-15)20(19)22(28)30;/h5-8,11,15-16,19-20H,3-4,9-10,12-13H2,1-2H3,(H2,25,26,27);1H. The number of hydrogen-bond acceptors (Lipinski definition) is 4. The molecule has 1 heterocycles. The van der Waals surface area contributed by atoms with E-state index in [1.165, 1.54) is 11.0 Å². The SMILES string of the molecule is CCOc1ccc(CNC(=NC)NCCCN2C(=O)C3C4C=CC(C4)C3C2=O)cc1F.I. The molecule has 1 aromatic rings. The Balaban J connectivity index is 0.00000289. The quantitative estimate of drug-likeness (QED) is 0.129. The zero-order valence-corrected chi connectivity index (χ0v) is 20.7. The number of aliphatic imine (C=N–C) groups is 1. The van der Waals surface area contributed by atoms with Crippen LogP contribution in [-0.4, -0.2) is 49.4 Å². The Labute approximate surface area is 204 Å². The lowest BCUT2D eigenvalue weighted by Crippen LogP contribution is -2.39. The summed E-state index contributed by atoms with van der Waals surface area (Å²) in [6.45, 7) is 3.62. The van der Waals surface area contributed by atoms with Crippen LogP contribution in [0.15, 0.2) is 35.3 Å². The third-order valence-corrected chi connectivity index (χ3v) is 6.39. The van der Waals surface area contributed by atoms with Gasteiger partial charge in [0.15, 0.2) is 17.5 Å². The summed E-state index contributed by atoms with van der Waals surface area (Å²) in [6.07, 6.45) is 5.79. The smallest absolute Gasteiger partial charge is 0.233 e. The Kier molecular flexibility index (Phi) is 8.13. The predicted octanol–water partition coefficient (Wildman–Crippen LogP) is 2.70. The van der Waals surface area contributed by atoms with Crippen LogP contribution >= 0.6 is 24.0 Å².